The molecule has 1 unspecified atom stereocenters. The van der Waals surface area contributed by atoms with Crippen LogP contribution < -0.4 is 10.2 Å². The Labute approximate surface area is 362 Å². The standard InChI is InChI=1S/C40H51N3O15S4/c1-39(2)30-24-28(61(53,54)55)12-14-33(30)42(19-6-22-59(47,48)49)35(39)16-10-26-8-5-9-27(37(26)41-32(18-21-44)38(45)46)11-17-36-40(3,4)31-25-29(62(56,57)58)13-15-34(31)43(36)20-7-23-60(50,51)52/h10-17,24-25,32,44H,5-9,18-23H2,1-4H3,(H5,45,46,47,48,49,50,51,52,53,54,55,56,57,58)/p+1/b26-10+,35-16-. The lowest BCUT2D eigenvalue weighted by atomic mass is 9.81. The fraction of sp³-hybridized carbons (Fsp3) is 0.450. The van der Waals surface area contributed by atoms with Crippen LogP contribution in [-0.2, 0) is 56.1 Å². The summed E-state index contributed by atoms with van der Waals surface area (Å²) >= 11 is 0. The van der Waals surface area contributed by atoms with Gasteiger partial charge >= 0.3 is 5.97 Å². The summed E-state index contributed by atoms with van der Waals surface area (Å²) in [5.41, 5.74) is 3.20. The van der Waals surface area contributed by atoms with E-state index in [4.69, 9.17) is 0 Å². The first-order valence-electron chi connectivity index (χ1n) is 19.6. The Morgan fingerprint density at radius 1 is 0.806 bits per heavy atom. The zero-order valence-corrected chi connectivity index (χ0v) is 37.8. The lowest BCUT2D eigenvalue weighted by Gasteiger charge is -2.28. The Kier molecular flexibility index (Phi) is 14.2. The number of carboxylic acids is 1. The minimum atomic E-state index is -4.59. The Bertz CT molecular complexity index is 2750. The van der Waals surface area contributed by atoms with Gasteiger partial charge in [0, 0.05) is 66.2 Å². The SMILES string of the molecule is CC1(C)C(/C=C/C2=C(NC(CCO)C(=O)O)C(=C/C=C3\N(CCCS(=O)(=O)O)c4ccc(S(=O)(=O)O)cc4C3(C)C)/CCC2)=[N+](CCCS(=O)(=O)O)c2ccc(S(=O)(=O)O)cc21. The third-order valence-electron chi connectivity index (χ3n) is 11.3. The van der Waals surface area contributed by atoms with Crippen LogP contribution in [0.2, 0.25) is 0 Å². The number of hydrogen-bond donors (Lipinski definition) is 7. The lowest BCUT2D eigenvalue weighted by Crippen LogP contribution is -2.38. The number of aliphatic carboxylic acids is 1. The normalized spacial score (nSPS) is 19.7. The Morgan fingerprint density at radius 2 is 1.40 bits per heavy atom. The highest BCUT2D eigenvalue weighted by molar-refractivity contribution is 7.86. The maximum atomic E-state index is 12.5. The second-order valence-electron chi connectivity index (χ2n) is 16.4. The summed E-state index contributed by atoms with van der Waals surface area (Å²) in [5, 5.41) is 23.0. The summed E-state index contributed by atoms with van der Waals surface area (Å²) in [7, 11) is -17.8. The first kappa shape index (κ1) is 48.8. The van der Waals surface area contributed by atoms with Gasteiger partial charge in [-0.15, -0.1) is 0 Å². The van der Waals surface area contributed by atoms with Gasteiger partial charge in [-0.3, -0.25) is 18.2 Å². The molecule has 5 rings (SSSR count). The molecule has 62 heavy (non-hydrogen) atoms. The molecule has 7 N–H and O–H groups in total. The molecule has 340 valence electrons. The van der Waals surface area contributed by atoms with Gasteiger partial charge < -0.3 is 20.4 Å². The summed E-state index contributed by atoms with van der Waals surface area (Å²) in [4.78, 5) is 13.6. The zero-order chi connectivity index (χ0) is 46.2. The van der Waals surface area contributed by atoms with Crippen molar-refractivity contribution in [3.63, 3.8) is 0 Å². The lowest BCUT2D eigenvalue weighted by molar-refractivity contribution is -0.437. The molecule has 2 aromatic carbocycles. The second kappa shape index (κ2) is 18.1. The summed E-state index contributed by atoms with van der Waals surface area (Å²) in [6, 6.07) is 6.90. The van der Waals surface area contributed by atoms with Crippen molar-refractivity contribution in [3.8, 4) is 0 Å². The summed E-state index contributed by atoms with van der Waals surface area (Å²) in [6.07, 6.45) is 8.41. The van der Waals surface area contributed by atoms with Crippen LogP contribution in [0.4, 0.5) is 11.4 Å². The number of nitrogens with zero attached hydrogens (tertiary/aromatic N) is 2. The molecule has 0 aromatic heterocycles. The largest absolute Gasteiger partial charge is 0.480 e. The van der Waals surface area contributed by atoms with E-state index in [0.29, 0.717) is 70.0 Å². The minimum absolute atomic E-state index is 0.00553. The predicted molar refractivity (Wildman–Crippen MR) is 230 cm³/mol. The molecule has 3 aliphatic rings. The monoisotopic (exact) mass is 942 g/mol. The molecule has 0 bridgehead atoms. The molecule has 1 atom stereocenters. The average Bonchev–Trinajstić information content (AvgIpc) is 3.48. The van der Waals surface area contributed by atoms with Crippen LogP contribution in [0.5, 0.6) is 0 Å². The van der Waals surface area contributed by atoms with Gasteiger partial charge in [-0.05, 0) is 92.6 Å². The highest BCUT2D eigenvalue weighted by Crippen LogP contribution is 2.49. The molecule has 22 heteroatoms. The quantitative estimate of drug-likeness (QED) is 0.0816. The molecule has 0 radical (unpaired) electrons. The highest BCUT2D eigenvalue weighted by atomic mass is 32.2. The number of hydrogen-bond acceptors (Lipinski definition) is 12. The van der Waals surface area contributed by atoms with Gasteiger partial charge in [0.2, 0.25) is 5.69 Å². The Hall–Kier alpha value is -4.26. The van der Waals surface area contributed by atoms with E-state index in [1.165, 1.54) is 36.4 Å². The number of carboxylic acid groups (broad SMARTS) is 1. The third kappa shape index (κ3) is 11.1. The molecule has 2 aliphatic heterocycles. The molecule has 0 saturated carbocycles. The molecule has 18 nitrogen and oxygen atoms in total. The number of anilines is 1. The van der Waals surface area contributed by atoms with Crippen LogP contribution in [0, 0.1) is 0 Å². The molecule has 0 spiro atoms. The maximum Gasteiger partial charge on any atom is 0.326 e. The van der Waals surface area contributed by atoms with E-state index in [9.17, 15) is 66.9 Å². The molecule has 1 aliphatic carbocycles. The van der Waals surface area contributed by atoms with E-state index in [0.717, 1.165) is 0 Å². The van der Waals surface area contributed by atoms with Crippen molar-refractivity contribution in [1.29, 1.82) is 0 Å². The molecule has 0 fully saturated rings. The van der Waals surface area contributed by atoms with E-state index in [-0.39, 0.29) is 42.1 Å². The van der Waals surface area contributed by atoms with Crippen molar-refractivity contribution in [2.75, 3.05) is 36.1 Å². The fourth-order valence-corrected chi connectivity index (χ4v) is 10.3. The van der Waals surface area contributed by atoms with Crippen molar-refractivity contribution in [1.82, 2.24) is 5.32 Å². The number of allylic oxidation sites excluding steroid dienone is 7. The third-order valence-corrected chi connectivity index (χ3v) is 14.7. The average molecular weight is 943 g/mol. The predicted octanol–water partition coefficient (Wildman–Crippen LogP) is 4.14. The molecule has 2 heterocycles. The first-order valence-corrected chi connectivity index (χ1v) is 25.7. The second-order valence-corrected chi connectivity index (χ2v) is 22.4. The molecule has 0 amide bonds. The van der Waals surface area contributed by atoms with E-state index in [1.54, 1.807) is 33.8 Å². The van der Waals surface area contributed by atoms with Crippen LogP contribution in [0.15, 0.2) is 93.0 Å². The summed E-state index contributed by atoms with van der Waals surface area (Å²) in [5.74, 6) is -2.33. The van der Waals surface area contributed by atoms with Gasteiger partial charge in [0.15, 0.2) is 5.71 Å². The number of rotatable bonds is 18. The number of nitrogens with one attached hydrogen (secondary N) is 1. The van der Waals surface area contributed by atoms with Crippen molar-refractivity contribution < 1.29 is 71.5 Å². The number of carbonyl (C=O) groups is 1. The smallest absolute Gasteiger partial charge is 0.326 e. The van der Waals surface area contributed by atoms with Gasteiger partial charge in [0.1, 0.15) is 12.6 Å². The van der Waals surface area contributed by atoms with Crippen LogP contribution in [0.25, 0.3) is 0 Å². The number of fused-ring (bicyclic) bond motifs is 2. The molecular weight excluding hydrogens is 891 g/mol. The van der Waals surface area contributed by atoms with E-state index in [1.807, 2.05) is 27.7 Å². The van der Waals surface area contributed by atoms with Gasteiger partial charge in [-0.25, -0.2) is 4.79 Å². The topological polar surface area (TPSA) is 293 Å². The van der Waals surface area contributed by atoms with Crippen molar-refractivity contribution >= 4 is 63.5 Å². The van der Waals surface area contributed by atoms with Crippen LogP contribution in [0.1, 0.15) is 77.3 Å². The maximum absolute atomic E-state index is 12.5. The zero-order valence-electron chi connectivity index (χ0n) is 34.5. The van der Waals surface area contributed by atoms with E-state index in [2.05, 4.69) is 5.32 Å². The van der Waals surface area contributed by atoms with Gasteiger partial charge in [-0.2, -0.15) is 38.2 Å². The number of benzene rings is 2. The van der Waals surface area contributed by atoms with Crippen LogP contribution in [0.3, 0.4) is 0 Å². The Balaban J connectivity index is 1.67. The van der Waals surface area contributed by atoms with Gasteiger partial charge in [-0.1, -0.05) is 26.0 Å². The van der Waals surface area contributed by atoms with Crippen LogP contribution >= 0.6 is 0 Å². The Morgan fingerprint density at radius 3 is 1.98 bits per heavy atom. The van der Waals surface area contributed by atoms with Crippen molar-refractivity contribution in [3.05, 3.63) is 94.4 Å². The van der Waals surface area contributed by atoms with Crippen molar-refractivity contribution in [2.45, 2.75) is 92.9 Å². The van der Waals surface area contributed by atoms with Gasteiger partial charge in [0.25, 0.3) is 40.5 Å². The number of aliphatic hydroxyl groups excluding tert-OH is 1. The first-order chi connectivity index (χ1) is 28.6. The highest BCUT2D eigenvalue weighted by Gasteiger charge is 2.45. The molecular formula is C40H52N3O15S4+. The van der Waals surface area contributed by atoms with Crippen molar-refractivity contribution in [2.24, 2.45) is 0 Å². The van der Waals surface area contributed by atoms with Gasteiger partial charge in [0.05, 0.1) is 26.7 Å². The molecule has 2 aromatic rings. The van der Waals surface area contributed by atoms with E-state index >= 15 is 0 Å². The fourth-order valence-electron chi connectivity index (χ4n) is 8.29. The van der Waals surface area contributed by atoms with Crippen LogP contribution in [-0.4, -0.2) is 116 Å². The summed E-state index contributed by atoms with van der Waals surface area (Å²) in [6.45, 7) is 7.00. The minimum Gasteiger partial charge on any atom is -0.480 e. The molecule has 0 saturated heterocycles. The van der Waals surface area contributed by atoms with E-state index < -0.39 is 81.4 Å². The number of aliphatic hydroxyl groups is 1. The summed E-state index contributed by atoms with van der Waals surface area (Å²) < 4.78 is 136.